The number of rotatable bonds is 8. The molecule has 8 rings (SSSR count). The minimum absolute atomic E-state index is 0. The third-order valence-corrected chi connectivity index (χ3v) is 12.3. The van der Waals surface area contributed by atoms with Gasteiger partial charge in [0.15, 0.2) is 10.3 Å². The minimum Gasteiger partial charge on any atom is -0.494 e. The van der Waals surface area contributed by atoms with Crippen LogP contribution in [0.25, 0.3) is 26.0 Å². The quantitative estimate of drug-likeness (QED) is 0.133. The van der Waals surface area contributed by atoms with Gasteiger partial charge in [0, 0.05) is 48.0 Å². The first-order valence-electron chi connectivity index (χ1n) is 20.1. The van der Waals surface area contributed by atoms with Crippen molar-refractivity contribution in [3.63, 3.8) is 0 Å². The van der Waals surface area contributed by atoms with Crippen molar-refractivity contribution < 1.29 is 28.6 Å². The second-order valence-electron chi connectivity index (χ2n) is 15.8. The summed E-state index contributed by atoms with van der Waals surface area (Å²) in [6, 6.07) is 14.9. The monoisotopic (exact) mass is 898 g/mol. The number of piperidine rings is 1. The van der Waals surface area contributed by atoms with Gasteiger partial charge in [-0.05, 0) is 132 Å². The van der Waals surface area contributed by atoms with Crippen LogP contribution in [0, 0.1) is 13.8 Å². The van der Waals surface area contributed by atoms with Gasteiger partial charge in [-0.1, -0.05) is 34.8 Å². The number of carbonyl (C=O) groups is 3. The minimum atomic E-state index is -0.526. The standard InChI is InChI=1S/C25H28N4O4S.C20H22N4O2S.ClH/c1-15-14-17(8-11-26-15)22(30)28-23-27-20-19(32-5)7-6-18(21(20)34-23)16-9-12-29(13-10-16)24(31)33-25(2,3)4;1-12-11-14(7-10-22-12)19(25)24-20-23-17-16(26-2)4-3-15(18(17)27-20)13-5-8-21-9-6-13;/h6-9,11,14H,10,12-13H2,1-5H3,(H,27,28,30);3-4,7,10-11,13,21H,5-6,8-9H2,1-2H3,(H,23,24,25);1H. The number of hydrogen-bond acceptors (Lipinski definition) is 13. The number of pyridine rings is 2. The summed E-state index contributed by atoms with van der Waals surface area (Å²) < 4.78 is 18.5. The molecule has 6 heterocycles. The number of fused-ring (bicyclic) bond motifs is 2. The lowest BCUT2D eigenvalue weighted by atomic mass is 9.90. The summed E-state index contributed by atoms with van der Waals surface area (Å²) in [4.78, 5) is 57.0. The van der Waals surface area contributed by atoms with Gasteiger partial charge in [-0.15, -0.1) is 12.4 Å². The summed E-state index contributed by atoms with van der Waals surface area (Å²) in [6.07, 6.45) is 7.90. The first kappa shape index (κ1) is 45.8. The van der Waals surface area contributed by atoms with Crippen molar-refractivity contribution >= 4 is 89.3 Å². The highest BCUT2D eigenvalue weighted by molar-refractivity contribution is 7.23. The molecular formula is C45H51ClN8O6S2. The van der Waals surface area contributed by atoms with Crippen molar-refractivity contribution in [1.29, 1.82) is 0 Å². The average Bonchev–Trinajstić information content (AvgIpc) is 3.87. The number of amides is 3. The van der Waals surface area contributed by atoms with E-state index in [0.717, 1.165) is 69.1 Å². The van der Waals surface area contributed by atoms with Crippen molar-refractivity contribution in [2.24, 2.45) is 0 Å². The van der Waals surface area contributed by atoms with Crippen LogP contribution in [0.15, 0.2) is 67.0 Å². The number of ether oxygens (including phenoxy) is 3. The van der Waals surface area contributed by atoms with Crippen LogP contribution < -0.4 is 25.4 Å². The average molecular weight is 900 g/mol. The molecule has 0 spiro atoms. The first-order chi connectivity index (χ1) is 29.3. The number of hydrogen-bond donors (Lipinski definition) is 3. The second kappa shape index (κ2) is 20.0. The molecule has 2 aromatic carbocycles. The highest BCUT2D eigenvalue weighted by Crippen LogP contribution is 2.41. The SMILES string of the molecule is COc1ccc(C2=CCN(C(=O)OC(C)(C)C)CC2)c2sc(NC(=O)c3ccnc(C)c3)nc12.COc1ccc(C2CCNCC2)c2sc(NC(=O)c3ccnc(C)c3)nc12.Cl. The Morgan fingerprint density at radius 1 is 0.790 bits per heavy atom. The summed E-state index contributed by atoms with van der Waals surface area (Å²) in [6.45, 7) is 12.4. The van der Waals surface area contributed by atoms with Crippen LogP contribution in [0.1, 0.15) is 89.2 Å². The number of methoxy groups -OCH3 is 2. The fourth-order valence-corrected chi connectivity index (χ4v) is 9.34. The summed E-state index contributed by atoms with van der Waals surface area (Å²) in [7, 11) is 3.25. The van der Waals surface area contributed by atoms with Gasteiger partial charge in [-0.3, -0.25) is 30.2 Å². The summed E-state index contributed by atoms with van der Waals surface area (Å²) >= 11 is 2.92. The second-order valence-corrected chi connectivity index (χ2v) is 17.8. The Morgan fingerprint density at radius 3 is 1.85 bits per heavy atom. The molecule has 0 atom stereocenters. The van der Waals surface area contributed by atoms with E-state index in [4.69, 9.17) is 14.2 Å². The van der Waals surface area contributed by atoms with Gasteiger partial charge in [0.25, 0.3) is 11.8 Å². The molecule has 17 heteroatoms. The zero-order chi connectivity index (χ0) is 43.3. The van der Waals surface area contributed by atoms with Crippen LogP contribution in [-0.2, 0) is 4.74 Å². The molecule has 4 aromatic heterocycles. The van der Waals surface area contributed by atoms with Crippen molar-refractivity contribution in [3.05, 3.63) is 101 Å². The molecule has 1 fully saturated rings. The number of benzene rings is 2. The smallest absolute Gasteiger partial charge is 0.410 e. The summed E-state index contributed by atoms with van der Waals surface area (Å²) in [5, 5.41) is 10.3. The Hall–Kier alpha value is -5.68. The van der Waals surface area contributed by atoms with Crippen molar-refractivity contribution in [2.45, 2.75) is 65.4 Å². The van der Waals surface area contributed by atoms with Gasteiger partial charge >= 0.3 is 6.09 Å². The first-order valence-corrected chi connectivity index (χ1v) is 21.7. The predicted molar refractivity (Wildman–Crippen MR) is 249 cm³/mol. The Labute approximate surface area is 374 Å². The third kappa shape index (κ3) is 10.8. The van der Waals surface area contributed by atoms with Crippen LogP contribution in [0.5, 0.6) is 11.5 Å². The van der Waals surface area contributed by atoms with Gasteiger partial charge < -0.3 is 24.4 Å². The molecule has 1 saturated heterocycles. The fourth-order valence-electron chi connectivity index (χ4n) is 7.25. The highest BCUT2D eigenvalue weighted by atomic mass is 35.5. The zero-order valence-corrected chi connectivity index (χ0v) is 38.2. The Kier molecular flexibility index (Phi) is 14.8. The molecule has 14 nitrogen and oxygen atoms in total. The van der Waals surface area contributed by atoms with Crippen LogP contribution in [0.3, 0.4) is 0 Å². The molecule has 2 aliphatic heterocycles. The van der Waals surface area contributed by atoms with Crippen LogP contribution in [-0.4, -0.2) is 88.7 Å². The van der Waals surface area contributed by atoms with Gasteiger partial charge in [-0.25, -0.2) is 14.8 Å². The van der Waals surface area contributed by atoms with Crippen molar-refractivity contribution in [2.75, 3.05) is 51.0 Å². The number of aromatic nitrogens is 4. The number of carbonyl (C=O) groups excluding carboxylic acids is 3. The van der Waals surface area contributed by atoms with E-state index in [1.807, 2.05) is 58.9 Å². The molecule has 62 heavy (non-hydrogen) atoms. The van der Waals surface area contributed by atoms with Gasteiger partial charge in [0.05, 0.1) is 23.6 Å². The molecule has 0 aliphatic carbocycles. The Balaban J connectivity index is 0.000000209. The molecule has 2 aliphatic rings. The Morgan fingerprint density at radius 2 is 1.34 bits per heavy atom. The normalized spacial score (nSPS) is 14.2. The maximum Gasteiger partial charge on any atom is 0.410 e. The van der Waals surface area contributed by atoms with Crippen molar-refractivity contribution in [1.82, 2.24) is 30.2 Å². The fraction of sp³-hybridized carbons (Fsp3) is 0.356. The van der Waals surface area contributed by atoms with Crippen molar-refractivity contribution in [3.8, 4) is 11.5 Å². The van der Waals surface area contributed by atoms with Crippen LogP contribution in [0.4, 0.5) is 15.1 Å². The highest BCUT2D eigenvalue weighted by Gasteiger charge is 2.26. The number of thiazole rings is 2. The van der Waals surface area contributed by atoms with Gasteiger partial charge in [0.1, 0.15) is 28.1 Å². The molecule has 6 aromatic rings. The van der Waals surface area contributed by atoms with E-state index in [0.29, 0.717) is 58.1 Å². The number of anilines is 2. The Bertz CT molecular complexity index is 2620. The largest absolute Gasteiger partial charge is 0.494 e. The lowest BCUT2D eigenvalue weighted by Crippen LogP contribution is -2.39. The van der Waals surface area contributed by atoms with E-state index in [-0.39, 0.29) is 30.3 Å². The number of nitrogens with zero attached hydrogens (tertiary/aromatic N) is 5. The maximum atomic E-state index is 12.7. The number of aryl methyl sites for hydroxylation is 2. The van der Waals surface area contributed by atoms with Crippen LogP contribution >= 0.6 is 35.1 Å². The lowest BCUT2D eigenvalue weighted by molar-refractivity contribution is 0.0270. The van der Waals surface area contributed by atoms with E-state index in [1.54, 1.807) is 55.8 Å². The predicted octanol–water partition coefficient (Wildman–Crippen LogP) is 9.43. The van der Waals surface area contributed by atoms with E-state index in [2.05, 4.69) is 42.0 Å². The summed E-state index contributed by atoms with van der Waals surface area (Å²) in [5.41, 5.74) is 7.11. The maximum absolute atomic E-state index is 12.7. The molecule has 326 valence electrons. The topological polar surface area (TPSA) is 170 Å². The zero-order valence-electron chi connectivity index (χ0n) is 35.8. The molecule has 0 unspecified atom stereocenters. The number of halogens is 1. The van der Waals surface area contributed by atoms with Crippen LogP contribution in [0.2, 0.25) is 0 Å². The molecule has 3 N–H and O–H groups in total. The molecular weight excluding hydrogens is 848 g/mol. The third-order valence-electron chi connectivity index (χ3n) is 10.2. The van der Waals surface area contributed by atoms with E-state index in [9.17, 15) is 14.4 Å². The van der Waals surface area contributed by atoms with E-state index >= 15 is 0 Å². The van der Waals surface area contributed by atoms with E-state index < -0.39 is 5.60 Å². The molecule has 0 radical (unpaired) electrons. The van der Waals surface area contributed by atoms with Gasteiger partial charge in [-0.2, -0.15) is 0 Å². The molecule has 0 bridgehead atoms. The van der Waals surface area contributed by atoms with Gasteiger partial charge in [0.2, 0.25) is 0 Å². The number of nitrogens with one attached hydrogen (secondary N) is 3. The molecule has 0 saturated carbocycles. The summed E-state index contributed by atoms with van der Waals surface area (Å²) in [5.74, 6) is 1.46. The molecule has 3 amide bonds. The lowest BCUT2D eigenvalue weighted by Gasteiger charge is -2.29. The van der Waals surface area contributed by atoms with E-state index in [1.165, 1.54) is 28.2 Å².